The van der Waals surface area contributed by atoms with Crippen LogP contribution in [-0.2, 0) is 13.0 Å². The van der Waals surface area contributed by atoms with Gasteiger partial charge in [0.1, 0.15) is 18.2 Å². The molecule has 0 aliphatic heterocycles. The zero-order chi connectivity index (χ0) is 24.6. The van der Waals surface area contributed by atoms with Gasteiger partial charge in [0.15, 0.2) is 0 Å². The lowest BCUT2D eigenvalue weighted by Crippen LogP contribution is -2.25. The van der Waals surface area contributed by atoms with Gasteiger partial charge in [0.05, 0.1) is 17.6 Å². The van der Waals surface area contributed by atoms with Crippen LogP contribution in [0, 0.1) is 13.8 Å². The Labute approximate surface area is 212 Å². The molecule has 35 heavy (non-hydrogen) atoms. The molecule has 0 spiro atoms. The first-order chi connectivity index (χ1) is 17.0. The van der Waals surface area contributed by atoms with Gasteiger partial charge >= 0.3 is 0 Å². The summed E-state index contributed by atoms with van der Waals surface area (Å²) >= 11 is 5.96. The van der Waals surface area contributed by atoms with Crippen molar-refractivity contribution in [1.29, 1.82) is 0 Å². The van der Waals surface area contributed by atoms with Gasteiger partial charge in [0.25, 0.3) is 5.91 Å². The van der Waals surface area contributed by atoms with Crippen molar-refractivity contribution in [3.63, 3.8) is 0 Å². The number of aryl methyl sites for hydroxylation is 3. The Hall–Kier alpha value is -3.31. The highest BCUT2D eigenvalue weighted by Gasteiger charge is 2.11. The number of benzene rings is 3. The number of fused-ring (bicyclic) bond motifs is 1. The van der Waals surface area contributed by atoms with Crippen molar-refractivity contribution < 1.29 is 9.53 Å². The first-order valence-electron chi connectivity index (χ1n) is 12.2. The number of imidazole rings is 1. The quantitative estimate of drug-likeness (QED) is 0.244. The average Bonchev–Trinajstić information content (AvgIpc) is 3.20. The highest BCUT2D eigenvalue weighted by Crippen LogP contribution is 2.19. The predicted octanol–water partition coefficient (Wildman–Crippen LogP) is 6.53. The number of aromatic nitrogens is 2. The number of nitrogens with one attached hydrogen (secondary N) is 1. The minimum atomic E-state index is 0.00461. The standard InChI is InChI=1S/C29H32ClN3O2/c1-21-11-16-25(22(2)20-21)29(34)31-17-7-3-4-10-28-32-26-8-5-6-9-27(26)33(28)18-19-35-24-14-12-23(30)13-15-24/h5-6,8-9,11-16,20H,3-4,7,10,17-19H2,1-2H3,(H,31,34). The maximum Gasteiger partial charge on any atom is 0.251 e. The van der Waals surface area contributed by atoms with Gasteiger partial charge in [-0.3, -0.25) is 4.79 Å². The van der Waals surface area contributed by atoms with Crippen molar-refractivity contribution in [3.8, 4) is 5.75 Å². The Balaban J connectivity index is 1.27. The second kappa shape index (κ2) is 11.9. The first-order valence-corrected chi connectivity index (χ1v) is 12.6. The topological polar surface area (TPSA) is 56.2 Å². The van der Waals surface area contributed by atoms with E-state index >= 15 is 0 Å². The molecule has 0 unspecified atom stereocenters. The van der Waals surface area contributed by atoms with Crippen LogP contribution in [0.5, 0.6) is 5.75 Å². The summed E-state index contributed by atoms with van der Waals surface area (Å²) in [4.78, 5) is 17.3. The normalized spacial score (nSPS) is 11.1. The molecule has 1 heterocycles. The maximum absolute atomic E-state index is 12.5. The Kier molecular flexibility index (Phi) is 8.43. The van der Waals surface area contributed by atoms with E-state index in [2.05, 4.69) is 22.0 Å². The van der Waals surface area contributed by atoms with Crippen LogP contribution in [0.2, 0.25) is 5.02 Å². The van der Waals surface area contributed by atoms with Crippen LogP contribution in [0.1, 0.15) is 46.6 Å². The van der Waals surface area contributed by atoms with Crippen molar-refractivity contribution in [2.24, 2.45) is 0 Å². The van der Waals surface area contributed by atoms with E-state index in [0.717, 1.165) is 66.0 Å². The number of hydrogen-bond acceptors (Lipinski definition) is 3. The predicted molar refractivity (Wildman–Crippen MR) is 142 cm³/mol. The van der Waals surface area contributed by atoms with Gasteiger partial charge in [0.2, 0.25) is 0 Å². The molecule has 1 aromatic heterocycles. The molecule has 3 aromatic carbocycles. The number of nitrogens with zero attached hydrogens (tertiary/aromatic N) is 2. The Morgan fingerprint density at radius 3 is 2.60 bits per heavy atom. The van der Waals surface area contributed by atoms with Gasteiger partial charge in [-0.15, -0.1) is 0 Å². The van der Waals surface area contributed by atoms with E-state index in [0.29, 0.717) is 18.2 Å². The lowest BCUT2D eigenvalue weighted by Gasteiger charge is -2.11. The first kappa shape index (κ1) is 24.8. The summed E-state index contributed by atoms with van der Waals surface area (Å²) in [6.45, 7) is 5.98. The molecular weight excluding hydrogens is 458 g/mol. The van der Waals surface area contributed by atoms with E-state index in [9.17, 15) is 4.79 Å². The molecule has 0 radical (unpaired) electrons. The van der Waals surface area contributed by atoms with Crippen LogP contribution >= 0.6 is 11.6 Å². The van der Waals surface area contributed by atoms with E-state index in [-0.39, 0.29) is 5.91 Å². The third kappa shape index (κ3) is 6.64. The van der Waals surface area contributed by atoms with E-state index in [1.807, 2.05) is 68.4 Å². The molecule has 0 fully saturated rings. The lowest BCUT2D eigenvalue weighted by molar-refractivity contribution is 0.0952. The van der Waals surface area contributed by atoms with Gasteiger partial charge in [-0.05, 0) is 74.7 Å². The van der Waals surface area contributed by atoms with Crippen molar-refractivity contribution in [1.82, 2.24) is 14.9 Å². The molecule has 1 amide bonds. The van der Waals surface area contributed by atoms with Crippen molar-refractivity contribution in [2.45, 2.75) is 46.1 Å². The fourth-order valence-electron chi connectivity index (χ4n) is 4.30. The number of para-hydroxylation sites is 2. The number of unbranched alkanes of at least 4 members (excludes halogenated alkanes) is 2. The van der Waals surface area contributed by atoms with Crippen LogP contribution in [0.3, 0.4) is 0 Å². The summed E-state index contributed by atoms with van der Waals surface area (Å²) in [6, 6.07) is 21.6. The zero-order valence-corrected chi connectivity index (χ0v) is 21.1. The lowest BCUT2D eigenvalue weighted by atomic mass is 10.1. The third-order valence-electron chi connectivity index (χ3n) is 6.12. The Morgan fingerprint density at radius 1 is 1.00 bits per heavy atom. The fourth-order valence-corrected chi connectivity index (χ4v) is 4.43. The highest BCUT2D eigenvalue weighted by atomic mass is 35.5. The average molecular weight is 490 g/mol. The molecule has 0 aliphatic carbocycles. The van der Waals surface area contributed by atoms with E-state index in [4.69, 9.17) is 21.3 Å². The number of halogens is 1. The van der Waals surface area contributed by atoms with Crippen LogP contribution in [0.4, 0.5) is 0 Å². The molecule has 4 rings (SSSR count). The van der Waals surface area contributed by atoms with Gasteiger partial charge in [0, 0.05) is 23.6 Å². The molecule has 4 aromatic rings. The Bertz CT molecular complexity index is 1280. The number of rotatable bonds is 11. The van der Waals surface area contributed by atoms with Crippen LogP contribution < -0.4 is 10.1 Å². The van der Waals surface area contributed by atoms with E-state index in [1.165, 1.54) is 5.56 Å². The number of carbonyl (C=O) groups is 1. The monoisotopic (exact) mass is 489 g/mol. The minimum absolute atomic E-state index is 0.00461. The summed E-state index contributed by atoms with van der Waals surface area (Å²) in [5.74, 6) is 1.89. The highest BCUT2D eigenvalue weighted by molar-refractivity contribution is 6.30. The molecule has 0 saturated heterocycles. The largest absolute Gasteiger partial charge is 0.492 e. The van der Waals surface area contributed by atoms with Gasteiger partial charge in [-0.1, -0.05) is 47.9 Å². The molecule has 182 valence electrons. The molecule has 0 aliphatic rings. The van der Waals surface area contributed by atoms with Crippen LogP contribution in [0.25, 0.3) is 11.0 Å². The molecule has 6 heteroatoms. The van der Waals surface area contributed by atoms with Gasteiger partial charge in [-0.25, -0.2) is 4.98 Å². The summed E-state index contributed by atoms with van der Waals surface area (Å²) in [7, 11) is 0. The second-order valence-corrected chi connectivity index (χ2v) is 9.29. The van der Waals surface area contributed by atoms with Gasteiger partial charge in [-0.2, -0.15) is 0 Å². The molecule has 0 saturated carbocycles. The summed E-state index contributed by atoms with van der Waals surface area (Å²) in [5.41, 5.74) is 5.07. The molecule has 1 N–H and O–H groups in total. The fraction of sp³-hybridized carbons (Fsp3) is 0.310. The molecule has 0 bridgehead atoms. The second-order valence-electron chi connectivity index (χ2n) is 8.86. The molecule has 0 atom stereocenters. The van der Waals surface area contributed by atoms with E-state index < -0.39 is 0 Å². The van der Waals surface area contributed by atoms with Crippen molar-refractivity contribution >= 4 is 28.5 Å². The number of amides is 1. The molecular formula is C29H32ClN3O2. The van der Waals surface area contributed by atoms with Gasteiger partial charge < -0.3 is 14.6 Å². The third-order valence-corrected chi connectivity index (χ3v) is 6.37. The Morgan fingerprint density at radius 2 is 1.80 bits per heavy atom. The molecule has 5 nitrogen and oxygen atoms in total. The zero-order valence-electron chi connectivity index (χ0n) is 20.4. The summed E-state index contributed by atoms with van der Waals surface area (Å²) in [6.07, 6.45) is 3.87. The number of hydrogen-bond donors (Lipinski definition) is 1. The minimum Gasteiger partial charge on any atom is -0.492 e. The van der Waals surface area contributed by atoms with Crippen LogP contribution in [-0.4, -0.2) is 28.6 Å². The van der Waals surface area contributed by atoms with Crippen LogP contribution in [0.15, 0.2) is 66.7 Å². The summed E-state index contributed by atoms with van der Waals surface area (Å²) < 4.78 is 8.18. The van der Waals surface area contributed by atoms with Crippen molar-refractivity contribution in [3.05, 3.63) is 94.3 Å². The summed E-state index contributed by atoms with van der Waals surface area (Å²) in [5, 5.41) is 3.75. The van der Waals surface area contributed by atoms with E-state index in [1.54, 1.807) is 0 Å². The van der Waals surface area contributed by atoms with Crippen molar-refractivity contribution in [2.75, 3.05) is 13.2 Å². The maximum atomic E-state index is 12.5. The SMILES string of the molecule is Cc1ccc(C(=O)NCCCCCc2nc3ccccc3n2CCOc2ccc(Cl)cc2)c(C)c1. The number of carbonyl (C=O) groups excluding carboxylic acids is 1. The number of ether oxygens (including phenoxy) is 1. The smallest absolute Gasteiger partial charge is 0.251 e.